The zero-order valence-electron chi connectivity index (χ0n) is 3.52. The van der Waals surface area contributed by atoms with Gasteiger partial charge < -0.3 is 0 Å². The second-order valence-corrected chi connectivity index (χ2v) is 0.914. The van der Waals surface area contributed by atoms with E-state index in [0.717, 1.165) is 0 Å². The minimum absolute atomic E-state index is 0. The minimum atomic E-state index is 0. The van der Waals surface area contributed by atoms with E-state index < -0.39 is 0 Å². The van der Waals surface area contributed by atoms with Gasteiger partial charge in [0.15, 0.2) is 0 Å². The van der Waals surface area contributed by atoms with E-state index in [0.29, 0.717) is 0 Å². The first-order chi connectivity index (χ1) is 3.00. The van der Waals surface area contributed by atoms with Gasteiger partial charge in [0.25, 0.3) is 0 Å². The van der Waals surface area contributed by atoms with Gasteiger partial charge in [-0.1, -0.05) is 0 Å². The number of rotatable bonds is 0. The molecule has 3 heteroatoms. The van der Waals surface area contributed by atoms with Gasteiger partial charge >= 0.3 is 0 Å². The largest absolute Gasteiger partial charge is 0.159 e. The number of nitrogens with zero attached hydrogens (tertiary/aromatic N) is 2. The average Bonchev–Trinajstić information content (AvgIpc) is 1.72. The summed E-state index contributed by atoms with van der Waals surface area (Å²) in [6.07, 6.45) is 3.28. The van der Waals surface area contributed by atoms with E-state index in [9.17, 15) is 0 Å². The molecule has 0 saturated heterocycles. The monoisotopic (exact) mass is 275 g/mol. The molecule has 1 aromatic heterocycles. The first kappa shape index (κ1) is 6.77. The maximum atomic E-state index is 3.53. The molecule has 1 aromatic rings. The van der Waals surface area contributed by atoms with Crippen LogP contribution in [0.15, 0.2) is 24.5 Å². The fraction of sp³-hybridized carbons (Fsp3) is 0. The predicted molar refractivity (Wildman–Crippen MR) is 22.0 cm³/mol. The van der Waals surface area contributed by atoms with E-state index in [4.69, 9.17) is 0 Å². The molecule has 1 heterocycles. The van der Waals surface area contributed by atoms with Crippen molar-refractivity contribution < 1.29 is 21.1 Å². The van der Waals surface area contributed by atoms with E-state index in [1.807, 2.05) is 12.1 Å². The topological polar surface area (TPSA) is 25.8 Å². The smallest absolute Gasteiger partial charge is 0.0496 e. The summed E-state index contributed by atoms with van der Waals surface area (Å²) < 4.78 is 0. The van der Waals surface area contributed by atoms with Crippen LogP contribution in [0.3, 0.4) is 0 Å². The second-order valence-electron chi connectivity index (χ2n) is 0.914. The molecule has 0 radical (unpaired) electrons. The molecule has 0 bridgehead atoms. The summed E-state index contributed by atoms with van der Waals surface area (Å²) in [6, 6.07) is 3.65. The SMILES string of the molecule is [Pt].c1ccnnc1. The molecule has 0 aliphatic carbocycles. The molecule has 0 saturated carbocycles. The molecule has 0 atom stereocenters. The van der Waals surface area contributed by atoms with Crippen LogP contribution >= 0.6 is 0 Å². The van der Waals surface area contributed by atoms with Gasteiger partial charge in [0.1, 0.15) is 0 Å². The molecular formula is C4H4N2Pt. The molecule has 0 amide bonds. The summed E-state index contributed by atoms with van der Waals surface area (Å²) in [5.74, 6) is 0. The van der Waals surface area contributed by atoms with E-state index >= 15 is 0 Å². The molecule has 0 fully saturated rings. The fourth-order valence-electron chi connectivity index (χ4n) is 0.253. The number of aromatic nitrogens is 2. The summed E-state index contributed by atoms with van der Waals surface area (Å²) in [7, 11) is 0. The van der Waals surface area contributed by atoms with Crippen molar-refractivity contribution in [1.29, 1.82) is 0 Å². The molecule has 0 aliphatic heterocycles. The van der Waals surface area contributed by atoms with Crippen LogP contribution in [0, 0.1) is 0 Å². The van der Waals surface area contributed by atoms with Crippen molar-refractivity contribution in [1.82, 2.24) is 10.2 Å². The van der Waals surface area contributed by atoms with Crippen molar-refractivity contribution >= 4 is 0 Å². The fourth-order valence-corrected chi connectivity index (χ4v) is 0.253. The molecule has 40 valence electrons. The van der Waals surface area contributed by atoms with Gasteiger partial charge in [-0.25, -0.2) is 0 Å². The van der Waals surface area contributed by atoms with Crippen LogP contribution in [-0.4, -0.2) is 10.2 Å². The van der Waals surface area contributed by atoms with Crippen LogP contribution in [0.1, 0.15) is 0 Å². The third-order valence-electron chi connectivity index (χ3n) is 0.483. The van der Waals surface area contributed by atoms with Crippen molar-refractivity contribution in [2.75, 3.05) is 0 Å². The normalized spacial score (nSPS) is 6.86. The third kappa shape index (κ3) is 2.46. The van der Waals surface area contributed by atoms with Crippen LogP contribution in [0.25, 0.3) is 0 Å². The van der Waals surface area contributed by atoms with Gasteiger partial charge in [-0.3, -0.25) is 0 Å². The van der Waals surface area contributed by atoms with Crippen LogP contribution < -0.4 is 0 Å². The molecule has 2 nitrogen and oxygen atoms in total. The van der Waals surface area contributed by atoms with Crippen LogP contribution in [0.4, 0.5) is 0 Å². The van der Waals surface area contributed by atoms with Crippen molar-refractivity contribution in [2.24, 2.45) is 0 Å². The van der Waals surface area contributed by atoms with Gasteiger partial charge in [0.2, 0.25) is 0 Å². The summed E-state index contributed by atoms with van der Waals surface area (Å²) in [4.78, 5) is 0. The Morgan fingerprint density at radius 3 is 1.43 bits per heavy atom. The second kappa shape index (κ2) is 3.94. The summed E-state index contributed by atoms with van der Waals surface area (Å²) in [5, 5.41) is 7.07. The quantitative estimate of drug-likeness (QED) is 0.688. The average molecular weight is 275 g/mol. The Morgan fingerprint density at radius 2 is 1.29 bits per heavy atom. The van der Waals surface area contributed by atoms with Crippen LogP contribution in [0.2, 0.25) is 0 Å². The van der Waals surface area contributed by atoms with Gasteiger partial charge in [-0.15, -0.1) is 0 Å². The first-order valence-electron chi connectivity index (χ1n) is 1.72. The van der Waals surface area contributed by atoms with E-state index in [1.54, 1.807) is 12.4 Å². The standard InChI is InChI=1S/C4H4N2.Pt/c1-2-4-6-5-3-1;/h1-4H;. The Hall–Kier alpha value is -0.232. The van der Waals surface area contributed by atoms with E-state index in [1.165, 1.54) is 0 Å². The maximum Gasteiger partial charge on any atom is 0.0496 e. The Morgan fingerprint density at radius 1 is 0.857 bits per heavy atom. The summed E-state index contributed by atoms with van der Waals surface area (Å²) in [6.45, 7) is 0. The zero-order chi connectivity index (χ0) is 4.24. The molecule has 7 heavy (non-hydrogen) atoms. The van der Waals surface area contributed by atoms with Gasteiger partial charge in [-0.2, -0.15) is 10.2 Å². The molecule has 0 N–H and O–H groups in total. The Kier molecular flexibility index (Phi) is 3.81. The molecule has 0 unspecified atom stereocenters. The van der Waals surface area contributed by atoms with Crippen molar-refractivity contribution in [3.63, 3.8) is 0 Å². The minimum Gasteiger partial charge on any atom is -0.159 e. The van der Waals surface area contributed by atoms with Crippen LogP contribution in [-0.2, 0) is 21.1 Å². The molecule has 0 aromatic carbocycles. The predicted octanol–water partition coefficient (Wildman–Crippen LogP) is 0.474. The van der Waals surface area contributed by atoms with Crippen molar-refractivity contribution in [2.45, 2.75) is 0 Å². The Bertz CT molecular complexity index is 81.6. The first-order valence-corrected chi connectivity index (χ1v) is 1.72. The summed E-state index contributed by atoms with van der Waals surface area (Å²) >= 11 is 0. The van der Waals surface area contributed by atoms with Crippen LogP contribution in [0.5, 0.6) is 0 Å². The maximum absolute atomic E-state index is 3.53. The summed E-state index contributed by atoms with van der Waals surface area (Å²) in [5.41, 5.74) is 0. The number of hydrogen-bond acceptors (Lipinski definition) is 2. The van der Waals surface area contributed by atoms with Gasteiger partial charge in [-0.05, 0) is 12.1 Å². The third-order valence-corrected chi connectivity index (χ3v) is 0.483. The van der Waals surface area contributed by atoms with Gasteiger partial charge in [0, 0.05) is 33.5 Å². The number of hydrogen-bond donors (Lipinski definition) is 0. The molecule has 0 spiro atoms. The zero-order valence-corrected chi connectivity index (χ0v) is 5.79. The molecule has 0 aliphatic rings. The van der Waals surface area contributed by atoms with Crippen molar-refractivity contribution in [3.05, 3.63) is 24.5 Å². The Labute approximate surface area is 56.2 Å². The van der Waals surface area contributed by atoms with Gasteiger partial charge in [0.05, 0.1) is 0 Å². The van der Waals surface area contributed by atoms with E-state index in [2.05, 4.69) is 10.2 Å². The Balaban J connectivity index is 0.000000360. The van der Waals surface area contributed by atoms with Crippen molar-refractivity contribution in [3.8, 4) is 0 Å². The molecule has 1 rings (SSSR count). The molecular weight excluding hydrogens is 271 g/mol. The van der Waals surface area contributed by atoms with E-state index in [-0.39, 0.29) is 21.1 Å².